The van der Waals surface area contributed by atoms with Crippen LogP contribution >= 0.6 is 22.9 Å². The van der Waals surface area contributed by atoms with E-state index in [0.717, 1.165) is 138 Å². The van der Waals surface area contributed by atoms with E-state index in [0.29, 0.717) is 61.1 Å². The molecule has 12 fully saturated rings. The largest absolute Gasteiger partial charge is 0.371 e. The molecule has 6 saturated heterocycles. The van der Waals surface area contributed by atoms with Crippen molar-refractivity contribution >= 4 is 67.3 Å². The minimum Gasteiger partial charge on any atom is -0.371 e. The van der Waals surface area contributed by atoms with Crippen molar-refractivity contribution in [2.75, 3.05) is 108 Å². The van der Waals surface area contributed by atoms with Crippen LogP contribution < -0.4 is 29.4 Å². The molecule has 8 heterocycles. The number of fused-ring (bicyclic) bond motifs is 7. The molecule has 116 heavy (non-hydrogen) atoms. The summed E-state index contributed by atoms with van der Waals surface area (Å²) in [6, 6.07) is 52.3. The fraction of sp³-hybridized carbons (Fsp3) is 0.549. The summed E-state index contributed by atoms with van der Waals surface area (Å²) in [7, 11) is 0. The topological polar surface area (TPSA) is 50.2 Å². The lowest BCUT2D eigenvalue weighted by Gasteiger charge is -2.27. The summed E-state index contributed by atoms with van der Waals surface area (Å²) < 4.78 is 45.2. The highest BCUT2D eigenvalue weighted by molar-refractivity contribution is 7.16. The number of hydrogen-bond acceptors (Lipinski definition) is 9. The number of aromatic nitrogens is 3. The van der Waals surface area contributed by atoms with Crippen molar-refractivity contribution in [1.29, 1.82) is 0 Å². The molecule has 2 aromatic heterocycles. The maximum absolute atomic E-state index is 14.1. The fourth-order valence-electron chi connectivity index (χ4n) is 24.3. The van der Waals surface area contributed by atoms with Crippen molar-refractivity contribution in [2.24, 2.45) is 140 Å². The number of benzene rings is 7. The number of aryl methyl sites for hydroxylation is 3. The van der Waals surface area contributed by atoms with E-state index in [1.165, 1.54) is 109 Å². The second-order valence-electron chi connectivity index (χ2n) is 43.0. The number of anilines is 6. The van der Waals surface area contributed by atoms with Gasteiger partial charge >= 0.3 is 0 Å². The van der Waals surface area contributed by atoms with Crippen molar-refractivity contribution in [3.05, 3.63) is 209 Å². The Morgan fingerprint density at radius 1 is 0.388 bits per heavy atom. The summed E-state index contributed by atoms with van der Waals surface area (Å²) in [5.74, 6) is 15.2. The van der Waals surface area contributed by atoms with E-state index >= 15 is 0 Å². The van der Waals surface area contributed by atoms with Gasteiger partial charge in [-0.3, -0.25) is 0 Å². The molecular weight excluding hydrogens is 1480 g/mol. The third-order valence-corrected chi connectivity index (χ3v) is 30.7. The van der Waals surface area contributed by atoms with Crippen LogP contribution in [0.2, 0.25) is 5.02 Å². The molecule has 9 nitrogen and oxygen atoms in total. The quantitative estimate of drug-likeness (QED) is 0.142. The Labute approximate surface area is 702 Å². The van der Waals surface area contributed by atoms with Gasteiger partial charge in [0.15, 0.2) is 5.82 Å². The van der Waals surface area contributed by atoms with Crippen LogP contribution in [-0.2, 0) is 0 Å². The number of rotatable bonds is 9. The van der Waals surface area contributed by atoms with Crippen LogP contribution in [0.15, 0.2) is 170 Å². The van der Waals surface area contributed by atoms with Gasteiger partial charge < -0.3 is 29.4 Å². The molecule has 0 amide bonds. The molecule has 14 heteroatoms. The third kappa shape index (κ3) is 17.1. The maximum Gasteiger partial charge on any atom is 0.152 e. The molecular formula is C102H131ClF3N9S. The highest BCUT2D eigenvalue weighted by Gasteiger charge is 2.64. The zero-order chi connectivity index (χ0) is 82.3. The molecule has 0 radical (unpaired) electrons. The molecule has 6 aliphatic carbocycles. The number of halogens is 4. The highest BCUT2D eigenvalue weighted by Crippen LogP contribution is 2.65. The first-order chi connectivity index (χ1) is 54.9. The number of hydrogen-bond donors (Lipinski definition) is 0. The van der Waals surface area contributed by atoms with E-state index in [-0.39, 0.29) is 11.5 Å². The van der Waals surface area contributed by atoms with Crippen LogP contribution in [0.3, 0.4) is 0 Å². The second-order valence-corrected chi connectivity index (χ2v) is 44.3. The molecule has 12 atom stereocenters. The second kappa shape index (κ2) is 31.3. The molecule has 21 rings (SSSR count). The minimum absolute atomic E-state index is 0.140. The molecule has 6 aliphatic heterocycles. The fourth-order valence-corrected chi connectivity index (χ4v) is 25.1. The molecule has 0 spiro atoms. The van der Waals surface area contributed by atoms with Crippen molar-refractivity contribution in [3.63, 3.8) is 0 Å². The van der Waals surface area contributed by atoms with Crippen molar-refractivity contribution < 1.29 is 13.2 Å². The third-order valence-electron chi connectivity index (χ3n) is 29.5. The molecule has 7 aromatic carbocycles. The number of thiazole rings is 1. The van der Waals surface area contributed by atoms with Crippen molar-refractivity contribution in [2.45, 2.75) is 138 Å². The van der Waals surface area contributed by atoms with Crippen LogP contribution in [0.1, 0.15) is 134 Å². The van der Waals surface area contributed by atoms with Gasteiger partial charge in [0.25, 0.3) is 0 Å². The summed E-state index contributed by atoms with van der Waals surface area (Å²) in [5.41, 5.74) is 18.2. The van der Waals surface area contributed by atoms with Crippen LogP contribution in [0, 0.1) is 178 Å². The van der Waals surface area contributed by atoms with Gasteiger partial charge in [-0.1, -0.05) is 196 Å². The molecule has 9 aromatic rings. The van der Waals surface area contributed by atoms with Gasteiger partial charge in [0.05, 0.1) is 27.1 Å². The lowest BCUT2D eigenvalue weighted by atomic mass is 9.87. The summed E-state index contributed by atoms with van der Waals surface area (Å²) >= 11 is 7.82. The molecule has 12 unspecified atom stereocenters. The van der Waals surface area contributed by atoms with E-state index < -0.39 is 11.6 Å². The Morgan fingerprint density at radius 2 is 0.810 bits per heavy atom. The van der Waals surface area contributed by atoms with Crippen molar-refractivity contribution in [1.82, 2.24) is 14.8 Å². The smallest absolute Gasteiger partial charge is 0.152 e. The summed E-state index contributed by atoms with van der Waals surface area (Å²) in [6.45, 7) is 59.3. The van der Waals surface area contributed by atoms with Crippen LogP contribution in [0.5, 0.6) is 0 Å². The molecule has 618 valence electrons. The van der Waals surface area contributed by atoms with Crippen LogP contribution in [0.25, 0.3) is 27.0 Å². The molecule has 0 bridgehead atoms. The molecule has 12 aliphatic rings. The SMILES string of the molecule is CC(C)(C)C1C2CN(c3ccc4scnc4c3)CC21.CC(C)(C)C1C2CN(c3cccc(-c4ccccc4)c3)CC21.CC(C)(C)C1C2CN(c3cccc(-n4cccn4)c3)CC21.Cc1cc(F)c(N2CC3C(C2)C3C(C)C)cc1Cl.Cc1ccc(F)c(N2CC3C(C2)C3C(C)(C)C)c1F.Cc1cccc(N2CC3C(C2)C3C(C)(C)C)c1. The van der Waals surface area contributed by atoms with Gasteiger partial charge in [-0.25, -0.2) is 22.8 Å². The van der Waals surface area contributed by atoms with Gasteiger partial charge in [0, 0.05) is 119 Å². The Bertz CT molecular complexity index is 4890. The first-order valence-electron chi connectivity index (χ1n) is 43.9. The Kier molecular flexibility index (Phi) is 22.2. The van der Waals surface area contributed by atoms with Crippen LogP contribution in [-0.4, -0.2) is 93.3 Å². The normalized spacial score (nSPS) is 29.1. The van der Waals surface area contributed by atoms with Gasteiger partial charge in [0.2, 0.25) is 0 Å². The first kappa shape index (κ1) is 82.2. The number of piperidine rings is 6. The first-order valence-corrected chi connectivity index (χ1v) is 45.2. The summed E-state index contributed by atoms with van der Waals surface area (Å²) in [4.78, 5) is 18.7. The van der Waals surface area contributed by atoms with Crippen LogP contribution in [0.4, 0.5) is 47.3 Å². The monoisotopic (exact) mass is 1610 g/mol. The summed E-state index contributed by atoms with van der Waals surface area (Å²) in [6.07, 6.45) is 3.82. The zero-order valence-electron chi connectivity index (χ0n) is 73.1. The summed E-state index contributed by atoms with van der Waals surface area (Å²) in [5, 5.41) is 4.98. The standard InChI is InChI=1S/C21H25N.C18H23N3.C16H21F2N.C16H20N2S.C16H23N.C15H19ClFN/c1-21(2,3)20-18-13-22(14-19(18)20)17-11-7-10-16(12-17)15-8-5-4-6-9-15;1-18(2,3)17-15-11-20(12-16(15)17)13-6-4-7-14(10-13)21-9-5-8-19-21;1-9-5-6-12(17)15(14(9)18)19-7-10-11(8-19)13(10)16(2,3)4;1-16(2,3)15-11-7-18(8-12(11)15)10-4-5-14-13(6-10)17-9-19-14;1-11-6-5-7-12(8-11)17-9-13-14(10-17)15(13)16(2,3)4;1-8(2)15-10-6-18(7-11(10)15)14-5-12(16)9(3)4-13(14)17/h4-12,18-20H,13-14H2,1-3H3;4-10,15-17H,11-12H2,1-3H3;5-6,10-11,13H,7-8H2,1-4H3;4-6,9,11-12,15H,7-8H2,1-3H3;5-8,13-15H,9-10H2,1-4H3;4-5,8,10-11,15H,6-7H2,1-3H3. The van der Waals surface area contributed by atoms with Gasteiger partial charge in [0.1, 0.15) is 17.3 Å². The van der Waals surface area contributed by atoms with E-state index in [1.54, 1.807) is 30.4 Å². The average molecular weight is 1610 g/mol. The number of nitrogens with zero attached hydrogens (tertiary/aromatic N) is 9. The minimum atomic E-state index is -0.434. The predicted molar refractivity (Wildman–Crippen MR) is 482 cm³/mol. The van der Waals surface area contributed by atoms with E-state index in [4.69, 9.17) is 11.6 Å². The van der Waals surface area contributed by atoms with E-state index in [2.05, 4.69) is 281 Å². The van der Waals surface area contributed by atoms with Crippen molar-refractivity contribution in [3.8, 4) is 16.8 Å². The Morgan fingerprint density at radius 3 is 1.27 bits per heavy atom. The van der Waals surface area contributed by atoms with Gasteiger partial charge in [-0.05, 0) is 273 Å². The zero-order valence-corrected chi connectivity index (χ0v) is 74.6. The van der Waals surface area contributed by atoms with E-state index in [1.807, 2.05) is 40.5 Å². The van der Waals surface area contributed by atoms with Gasteiger partial charge in [-0.15, -0.1) is 11.3 Å². The Hall–Kier alpha value is -7.48. The molecule has 0 N–H and O–H groups in total. The van der Waals surface area contributed by atoms with Gasteiger partial charge in [-0.2, -0.15) is 5.10 Å². The maximum atomic E-state index is 14.1. The average Bonchev–Trinajstić information content (AvgIpc) is 1.64. The lowest BCUT2D eigenvalue weighted by molar-refractivity contribution is 0.308. The predicted octanol–water partition coefficient (Wildman–Crippen LogP) is 24.6. The Balaban J connectivity index is 0.000000105. The molecule has 6 saturated carbocycles. The highest BCUT2D eigenvalue weighted by atomic mass is 35.5. The van der Waals surface area contributed by atoms with E-state index in [9.17, 15) is 13.2 Å². The lowest BCUT2D eigenvalue weighted by Crippen LogP contribution is -2.29.